The molecule has 1 atom stereocenters. The number of hydrogen-bond donors (Lipinski definition) is 0. The van der Waals surface area contributed by atoms with Gasteiger partial charge in [0.2, 0.25) is 0 Å². The number of carbonyl (C=O) groups is 1. The monoisotopic (exact) mass is 127 g/mol. The van der Waals surface area contributed by atoms with Gasteiger partial charge in [0.05, 0.1) is 6.10 Å². The summed E-state index contributed by atoms with van der Waals surface area (Å²) in [5.74, 6) is -0.377. The summed E-state index contributed by atoms with van der Waals surface area (Å²) in [5, 5.41) is 0. The molecule has 0 fully saturated rings. The predicted molar refractivity (Wildman–Crippen MR) is 35.7 cm³/mol. The number of ether oxygens (including phenoxy) is 1. The van der Waals surface area contributed by atoms with Crippen LogP contribution in [0.2, 0.25) is 0 Å². The Balaban J connectivity index is 3.65. The summed E-state index contributed by atoms with van der Waals surface area (Å²) in [4.78, 5) is 10.6. The number of carbonyl (C=O) groups excluding carboxylic acids is 1. The van der Waals surface area contributed by atoms with E-state index in [4.69, 9.17) is 0 Å². The lowest BCUT2D eigenvalue weighted by Gasteiger charge is -2.05. The van der Waals surface area contributed by atoms with Crippen molar-refractivity contribution in [2.45, 2.75) is 20.0 Å². The summed E-state index contributed by atoms with van der Waals surface area (Å²) in [6.45, 7) is 10.2. The van der Waals surface area contributed by atoms with E-state index in [1.165, 1.54) is 0 Å². The zero-order chi connectivity index (χ0) is 7.44. The maximum atomic E-state index is 10.6. The van der Waals surface area contributed by atoms with Crippen molar-refractivity contribution in [1.29, 1.82) is 0 Å². The first-order chi connectivity index (χ1) is 4.04. The average Bonchev–Trinajstić information content (AvgIpc) is 1.63. The first-order valence-corrected chi connectivity index (χ1v) is 2.73. The summed E-state index contributed by atoms with van der Waals surface area (Å²) in [5.41, 5.74) is 0.408. The van der Waals surface area contributed by atoms with Crippen molar-refractivity contribution in [2.75, 3.05) is 0 Å². The van der Waals surface area contributed by atoms with Gasteiger partial charge in [-0.1, -0.05) is 6.58 Å². The number of esters is 1. The molecule has 0 aliphatic heterocycles. The first-order valence-electron chi connectivity index (χ1n) is 2.73. The fraction of sp³-hybridized carbons (Fsp3) is 0.429. The van der Waals surface area contributed by atoms with E-state index < -0.39 is 0 Å². The maximum Gasteiger partial charge on any atom is 0.333 e. The molecule has 0 N–H and O–H groups in total. The fourth-order valence-corrected chi connectivity index (χ4v) is 0.283. The highest BCUT2D eigenvalue weighted by Gasteiger charge is 2.03. The second-order valence-electron chi connectivity index (χ2n) is 2.00. The Morgan fingerprint density at radius 3 is 2.22 bits per heavy atom. The lowest BCUT2D eigenvalue weighted by atomic mass is 10.3. The second kappa shape index (κ2) is 3.28. The Morgan fingerprint density at radius 2 is 2.11 bits per heavy atom. The van der Waals surface area contributed by atoms with Gasteiger partial charge in [-0.3, -0.25) is 0 Å². The van der Waals surface area contributed by atoms with Crippen LogP contribution in [0, 0.1) is 6.92 Å². The van der Waals surface area contributed by atoms with Crippen molar-refractivity contribution in [3.8, 4) is 0 Å². The lowest BCUT2D eigenvalue weighted by Crippen LogP contribution is -2.11. The van der Waals surface area contributed by atoms with Crippen molar-refractivity contribution in [3.63, 3.8) is 0 Å². The average molecular weight is 127 g/mol. The topological polar surface area (TPSA) is 26.3 Å². The Bertz CT molecular complexity index is 125. The molecule has 0 heterocycles. The van der Waals surface area contributed by atoms with Gasteiger partial charge in [-0.15, -0.1) is 0 Å². The van der Waals surface area contributed by atoms with Crippen LogP contribution in [0.3, 0.4) is 0 Å². The Labute approximate surface area is 55.5 Å². The van der Waals surface area contributed by atoms with E-state index in [1.54, 1.807) is 13.8 Å². The standard InChI is InChI=1S/C7H11O2/c1-5(2)7(8)9-6(3)4/h6H,1,3H2,2,4H3. The van der Waals surface area contributed by atoms with Gasteiger partial charge in [0, 0.05) is 5.57 Å². The summed E-state index contributed by atoms with van der Waals surface area (Å²) in [7, 11) is 0. The van der Waals surface area contributed by atoms with Crippen molar-refractivity contribution in [3.05, 3.63) is 19.1 Å². The van der Waals surface area contributed by atoms with E-state index in [9.17, 15) is 4.79 Å². The van der Waals surface area contributed by atoms with Crippen LogP contribution >= 0.6 is 0 Å². The molecule has 0 bridgehead atoms. The second-order valence-corrected chi connectivity index (χ2v) is 2.00. The van der Waals surface area contributed by atoms with Gasteiger partial charge >= 0.3 is 5.97 Å². The Hall–Kier alpha value is -0.790. The van der Waals surface area contributed by atoms with E-state index in [0.29, 0.717) is 5.57 Å². The van der Waals surface area contributed by atoms with E-state index in [-0.39, 0.29) is 12.1 Å². The van der Waals surface area contributed by atoms with Crippen molar-refractivity contribution >= 4 is 5.97 Å². The third-order valence-electron chi connectivity index (χ3n) is 0.657. The Kier molecular flexibility index (Phi) is 2.99. The van der Waals surface area contributed by atoms with Gasteiger partial charge in [-0.2, -0.15) is 0 Å². The van der Waals surface area contributed by atoms with Crippen LogP contribution in [0.15, 0.2) is 12.2 Å². The summed E-state index contributed by atoms with van der Waals surface area (Å²) < 4.78 is 4.66. The molecule has 2 nitrogen and oxygen atoms in total. The molecule has 0 saturated heterocycles. The van der Waals surface area contributed by atoms with Crippen LogP contribution in [0.1, 0.15) is 13.8 Å². The van der Waals surface area contributed by atoms with Gasteiger partial charge in [0.15, 0.2) is 0 Å². The zero-order valence-corrected chi connectivity index (χ0v) is 5.81. The van der Waals surface area contributed by atoms with Gasteiger partial charge in [-0.25, -0.2) is 4.79 Å². The number of rotatable bonds is 2. The minimum atomic E-state index is -0.377. The molecule has 0 aliphatic carbocycles. The molecule has 0 amide bonds. The SMILES string of the molecule is [CH2]C(C)OC(=O)C(=C)C. The molecule has 51 valence electrons. The smallest absolute Gasteiger partial charge is 0.333 e. The van der Waals surface area contributed by atoms with Crippen molar-refractivity contribution in [2.24, 2.45) is 0 Å². The van der Waals surface area contributed by atoms with E-state index >= 15 is 0 Å². The normalized spacial score (nSPS) is 9.33. The number of hydrogen-bond acceptors (Lipinski definition) is 2. The molecule has 9 heavy (non-hydrogen) atoms. The molecular weight excluding hydrogens is 116 g/mol. The first kappa shape index (κ1) is 8.21. The molecule has 0 aromatic carbocycles. The van der Waals surface area contributed by atoms with Crippen LogP contribution < -0.4 is 0 Å². The molecule has 2 heteroatoms. The highest BCUT2D eigenvalue weighted by molar-refractivity contribution is 5.87. The van der Waals surface area contributed by atoms with Crippen LogP contribution in [-0.4, -0.2) is 12.1 Å². The highest BCUT2D eigenvalue weighted by atomic mass is 16.5. The molecule has 1 radical (unpaired) electrons. The van der Waals surface area contributed by atoms with E-state index in [1.807, 2.05) is 0 Å². The molecule has 0 rings (SSSR count). The molecule has 0 aromatic rings. The van der Waals surface area contributed by atoms with Crippen molar-refractivity contribution in [1.82, 2.24) is 0 Å². The summed E-state index contributed by atoms with van der Waals surface area (Å²) in [6, 6.07) is 0. The van der Waals surface area contributed by atoms with E-state index in [2.05, 4.69) is 18.2 Å². The summed E-state index contributed by atoms with van der Waals surface area (Å²) >= 11 is 0. The molecule has 0 aliphatic rings. The molecule has 0 aromatic heterocycles. The zero-order valence-electron chi connectivity index (χ0n) is 5.81. The molecule has 0 spiro atoms. The maximum absolute atomic E-state index is 10.6. The minimum Gasteiger partial charge on any atom is -0.459 e. The highest BCUT2D eigenvalue weighted by Crippen LogP contribution is 1.95. The van der Waals surface area contributed by atoms with Crippen LogP contribution in [0.25, 0.3) is 0 Å². The minimum absolute atomic E-state index is 0.297. The van der Waals surface area contributed by atoms with Gasteiger partial charge in [0.1, 0.15) is 0 Å². The van der Waals surface area contributed by atoms with Gasteiger partial charge in [0.25, 0.3) is 0 Å². The van der Waals surface area contributed by atoms with Crippen LogP contribution in [0.4, 0.5) is 0 Å². The third kappa shape index (κ3) is 3.76. The fourth-order valence-electron chi connectivity index (χ4n) is 0.283. The third-order valence-corrected chi connectivity index (χ3v) is 0.657. The van der Waals surface area contributed by atoms with Crippen molar-refractivity contribution < 1.29 is 9.53 Å². The predicted octanol–water partition coefficient (Wildman–Crippen LogP) is 1.33. The molecule has 1 unspecified atom stereocenters. The van der Waals surface area contributed by atoms with Gasteiger partial charge in [-0.05, 0) is 20.8 Å². The quantitative estimate of drug-likeness (QED) is 0.413. The van der Waals surface area contributed by atoms with Crippen LogP contribution in [0.5, 0.6) is 0 Å². The lowest BCUT2D eigenvalue weighted by molar-refractivity contribution is -0.141. The molecule has 0 saturated carbocycles. The van der Waals surface area contributed by atoms with Gasteiger partial charge < -0.3 is 4.74 Å². The van der Waals surface area contributed by atoms with E-state index in [0.717, 1.165) is 0 Å². The largest absolute Gasteiger partial charge is 0.459 e. The van der Waals surface area contributed by atoms with Crippen LogP contribution in [-0.2, 0) is 9.53 Å². The Morgan fingerprint density at radius 1 is 1.67 bits per heavy atom. The summed E-state index contributed by atoms with van der Waals surface area (Å²) in [6.07, 6.45) is -0.297. The molecular formula is C7H11O2.